The van der Waals surface area contributed by atoms with E-state index in [0.29, 0.717) is 12.8 Å². The molecule has 0 amide bonds. The van der Waals surface area contributed by atoms with Gasteiger partial charge in [-0.15, -0.1) is 0 Å². The van der Waals surface area contributed by atoms with Crippen LogP contribution in [0.2, 0.25) is 0 Å². The molecule has 0 aromatic carbocycles. The van der Waals surface area contributed by atoms with Gasteiger partial charge in [-0.3, -0.25) is 0 Å². The summed E-state index contributed by atoms with van der Waals surface area (Å²) in [6.45, 7) is -0.460. The molecule has 0 radical (unpaired) electrons. The highest BCUT2D eigenvalue weighted by Gasteiger charge is 2.23. The van der Waals surface area contributed by atoms with Crippen LogP contribution in [0.4, 0.5) is 4.39 Å². The van der Waals surface area contributed by atoms with Gasteiger partial charge in [-0.05, 0) is 12.8 Å². The SMILES string of the molecule is ONC1CCC(CF)O1. The van der Waals surface area contributed by atoms with E-state index >= 15 is 0 Å². The molecule has 1 aliphatic heterocycles. The molecule has 0 aliphatic carbocycles. The summed E-state index contributed by atoms with van der Waals surface area (Å²) < 4.78 is 16.7. The molecular weight excluding hydrogens is 125 g/mol. The molecule has 1 heterocycles. The van der Waals surface area contributed by atoms with Gasteiger partial charge in [0.15, 0.2) is 0 Å². The Morgan fingerprint density at radius 3 is 2.78 bits per heavy atom. The molecule has 0 aromatic heterocycles. The van der Waals surface area contributed by atoms with Crippen LogP contribution in [0.15, 0.2) is 0 Å². The molecule has 1 rings (SSSR count). The van der Waals surface area contributed by atoms with Crippen molar-refractivity contribution in [1.82, 2.24) is 5.48 Å². The Bertz CT molecular complexity index is 81.0. The van der Waals surface area contributed by atoms with Crippen LogP contribution < -0.4 is 5.48 Å². The number of rotatable bonds is 2. The maximum Gasteiger partial charge on any atom is 0.130 e. The zero-order valence-corrected chi connectivity index (χ0v) is 5.01. The molecule has 4 heteroatoms. The van der Waals surface area contributed by atoms with Crippen molar-refractivity contribution >= 4 is 0 Å². The van der Waals surface area contributed by atoms with Gasteiger partial charge in [0.25, 0.3) is 0 Å². The van der Waals surface area contributed by atoms with Gasteiger partial charge in [-0.2, -0.15) is 5.48 Å². The van der Waals surface area contributed by atoms with E-state index in [9.17, 15) is 4.39 Å². The highest BCUT2D eigenvalue weighted by atomic mass is 19.1. The van der Waals surface area contributed by atoms with Gasteiger partial charge in [0, 0.05) is 0 Å². The van der Waals surface area contributed by atoms with Crippen molar-refractivity contribution in [2.75, 3.05) is 6.67 Å². The van der Waals surface area contributed by atoms with Crippen LogP contribution in [0.1, 0.15) is 12.8 Å². The van der Waals surface area contributed by atoms with Gasteiger partial charge >= 0.3 is 0 Å². The average Bonchev–Trinajstić information content (AvgIpc) is 2.34. The Morgan fingerprint density at radius 2 is 2.44 bits per heavy atom. The van der Waals surface area contributed by atoms with Crippen LogP contribution >= 0.6 is 0 Å². The largest absolute Gasteiger partial charge is 0.355 e. The lowest BCUT2D eigenvalue weighted by Crippen LogP contribution is -2.25. The lowest BCUT2D eigenvalue weighted by Gasteiger charge is -2.07. The Kier molecular flexibility index (Phi) is 2.38. The lowest BCUT2D eigenvalue weighted by atomic mass is 10.2. The molecule has 0 spiro atoms. The van der Waals surface area contributed by atoms with Crippen molar-refractivity contribution in [3.8, 4) is 0 Å². The van der Waals surface area contributed by atoms with Crippen molar-refractivity contribution in [3.63, 3.8) is 0 Å². The fourth-order valence-corrected chi connectivity index (χ4v) is 0.914. The number of nitrogens with one attached hydrogen (secondary N) is 1. The van der Waals surface area contributed by atoms with Crippen LogP contribution in [0.25, 0.3) is 0 Å². The van der Waals surface area contributed by atoms with Crippen LogP contribution in [0, 0.1) is 0 Å². The average molecular weight is 135 g/mol. The molecule has 1 saturated heterocycles. The normalized spacial score (nSPS) is 35.3. The zero-order chi connectivity index (χ0) is 6.69. The second-order valence-electron chi connectivity index (χ2n) is 2.11. The Hall–Kier alpha value is -0.190. The van der Waals surface area contributed by atoms with Crippen LogP contribution in [0.3, 0.4) is 0 Å². The fraction of sp³-hybridized carbons (Fsp3) is 1.00. The van der Waals surface area contributed by atoms with E-state index in [4.69, 9.17) is 9.94 Å². The minimum absolute atomic E-state index is 0.311. The third-order valence-electron chi connectivity index (χ3n) is 1.42. The third-order valence-corrected chi connectivity index (χ3v) is 1.42. The van der Waals surface area contributed by atoms with E-state index in [-0.39, 0.29) is 12.3 Å². The standard InChI is InChI=1S/C5H10FNO2/c6-3-4-1-2-5(7-8)9-4/h4-5,7-8H,1-3H2. The summed E-state index contributed by atoms with van der Waals surface area (Å²) in [5.41, 5.74) is 1.94. The van der Waals surface area contributed by atoms with Crippen molar-refractivity contribution in [2.45, 2.75) is 25.2 Å². The molecule has 0 bridgehead atoms. The first-order valence-electron chi connectivity index (χ1n) is 2.98. The van der Waals surface area contributed by atoms with Crippen LogP contribution in [-0.4, -0.2) is 24.2 Å². The topological polar surface area (TPSA) is 41.5 Å². The molecule has 1 aliphatic rings. The number of halogens is 1. The van der Waals surface area contributed by atoms with Crippen molar-refractivity contribution in [2.24, 2.45) is 0 Å². The van der Waals surface area contributed by atoms with E-state index in [0.717, 1.165) is 0 Å². The molecule has 3 nitrogen and oxygen atoms in total. The molecule has 2 atom stereocenters. The van der Waals surface area contributed by atoms with Gasteiger partial charge in [0.1, 0.15) is 12.9 Å². The molecule has 9 heavy (non-hydrogen) atoms. The number of hydroxylamine groups is 1. The quantitative estimate of drug-likeness (QED) is 0.540. The van der Waals surface area contributed by atoms with E-state index < -0.39 is 6.67 Å². The minimum Gasteiger partial charge on any atom is -0.355 e. The number of alkyl halides is 1. The molecule has 0 saturated carbocycles. The first kappa shape index (κ1) is 6.92. The second-order valence-corrected chi connectivity index (χ2v) is 2.11. The molecular formula is C5H10FNO2. The number of ether oxygens (including phenoxy) is 1. The maximum atomic E-state index is 11.8. The van der Waals surface area contributed by atoms with Gasteiger partial charge < -0.3 is 9.94 Å². The summed E-state index contributed by atoms with van der Waals surface area (Å²) in [5.74, 6) is 0. The third kappa shape index (κ3) is 1.61. The Labute approximate surface area is 52.8 Å². The van der Waals surface area contributed by atoms with Gasteiger partial charge in [0.05, 0.1) is 6.10 Å². The number of hydrogen-bond acceptors (Lipinski definition) is 3. The zero-order valence-electron chi connectivity index (χ0n) is 5.01. The summed E-state index contributed by atoms with van der Waals surface area (Å²) in [6, 6.07) is 0. The van der Waals surface area contributed by atoms with Gasteiger partial charge in [-0.1, -0.05) is 0 Å². The molecule has 2 unspecified atom stereocenters. The van der Waals surface area contributed by atoms with Gasteiger partial charge in [-0.25, -0.2) is 4.39 Å². The first-order valence-corrected chi connectivity index (χ1v) is 2.98. The van der Waals surface area contributed by atoms with E-state index in [1.54, 1.807) is 0 Å². The summed E-state index contributed by atoms with van der Waals surface area (Å²) >= 11 is 0. The van der Waals surface area contributed by atoms with Crippen molar-refractivity contribution < 1.29 is 14.3 Å². The molecule has 1 fully saturated rings. The predicted molar refractivity (Wildman–Crippen MR) is 28.8 cm³/mol. The Balaban J connectivity index is 2.20. The summed E-state index contributed by atoms with van der Waals surface area (Å²) in [6.07, 6.45) is 0.709. The van der Waals surface area contributed by atoms with E-state index in [2.05, 4.69) is 0 Å². The lowest BCUT2D eigenvalue weighted by molar-refractivity contribution is -0.0526. The van der Waals surface area contributed by atoms with Gasteiger partial charge in [0.2, 0.25) is 0 Å². The van der Waals surface area contributed by atoms with Crippen LogP contribution in [0.5, 0.6) is 0 Å². The minimum atomic E-state index is -0.460. The summed E-state index contributed by atoms with van der Waals surface area (Å²) in [4.78, 5) is 0. The maximum absolute atomic E-state index is 11.8. The van der Waals surface area contributed by atoms with Crippen molar-refractivity contribution in [3.05, 3.63) is 0 Å². The highest BCUT2D eigenvalue weighted by Crippen LogP contribution is 2.17. The smallest absolute Gasteiger partial charge is 0.130 e. The fourth-order valence-electron chi connectivity index (χ4n) is 0.914. The molecule has 2 N–H and O–H groups in total. The predicted octanol–water partition coefficient (Wildman–Crippen LogP) is 0.440. The van der Waals surface area contributed by atoms with Crippen LogP contribution in [-0.2, 0) is 4.74 Å². The number of hydrogen-bond donors (Lipinski definition) is 2. The van der Waals surface area contributed by atoms with E-state index in [1.165, 1.54) is 0 Å². The summed E-state index contributed by atoms with van der Waals surface area (Å²) in [5, 5.41) is 8.28. The Morgan fingerprint density at radius 1 is 1.67 bits per heavy atom. The van der Waals surface area contributed by atoms with Crippen molar-refractivity contribution in [1.29, 1.82) is 0 Å². The monoisotopic (exact) mass is 135 g/mol. The molecule has 54 valence electrons. The molecule has 0 aromatic rings. The second kappa shape index (κ2) is 3.10. The van der Waals surface area contributed by atoms with E-state index in [1.807, 2.05) is 5.48 Å². The summed E-state index contributed by atoms with van der Waals surface area (Å²) in [7, 11) is 0. The highest BCUT2D eigenvalue weighted by molar-refractivity contribution is 4.68. The first-order chi connectivity index (χ1) is 4.36.